The van der Waals surface area contributed by atoms with E-state index in [4.69, 9.17) is 10.7 Å². The fourth-order valence-electron chi connectivity index (χ4n) is 0.674. The van der Waals surface area contributed by atoms with Crippen molar-refractivity contribution in [1.82, 2.24) is 0 Å². The summed E-state index contributed by atoms with van der Waals surface area (Å²) in [5.41, 5.74) is 0. The van der Waals surface area contributed by atoms with Crippen LogP contribution in [-0.4, -0.2) is 8.42 Å². The zero-order chi connectivity index (χ0) is 7.61. The maximum absolute atomic E-state index is 10.6. The van der Waals surface area contributed by atoms with E-state index >= 15 is 0 Å². The van der Waals surface area contributed by atoms with Gasteiger partial charge in [-0.15, -0.1) is 0 Å². The van der Waals surface area contributed by atoms with Gasteiger partial charge in [0.05, 0.1) is 4.91 Å². The first-order chi connectivity index (χ1) is 4.61. The van der Waals surface area contributed by atoms with Crippen LogP contribution in [0.1, 0.15) is 6.42 Å². The van der Waals surface area contributed by atoms with E-state index in [1.807, 2.05) is 6.42 Å². The predicted octanol–water partition coefficient (Wildman–Crippen LogP) is 1.60. The van der Waals surface area contributed by atoms with Crippen molar-refractivity contribution in [2.75, 3.05) is 0 Å². The Bertz CT molecular complexity index is 274. The largest absolute Gasteiger partial charge is 0.260 e. The summed E-state index contributed by atoms with van der Waals surface area (Å²) in [5, 5.41) is 0. The van der Waals surface area contributed by atoms with Crippen molar-refractivity contribution in [3.63, 3.8) is 0 Å². The smallest absolute Gasteiger partial charge is 0.207 e. The van der Waals surface area contributed by atoms with Crippen molar-refractivity contribution in [3.05, 3.63) is 29.6 Å². The SMILES string of the molecule is O=S(=O)(Cl)C1=CC[CH]C=C1. The Morgan fingerprint density at radius 2 is 2.20 bits per heavy atom. The van der Waals surface area contributed by atoms with Crippen molar-refractivity contribution in [1.29, 1.82) is 0 Å². The topological polar surface area (TPSA) is 34.1 Å². The monoisotopic (exact) mass is 177 g/mol. The summed E-state index contributed by atoms with van der Waals surface area (Å²) in [6, 6.07) is 0. The number of hydrogen-bond donors (Lipinski definition) is 0. The molecule has 1 aliphatic rings. The fourth-order valence-corrected chi connectivity index (χ4v) is 1.55. The van der Waals surface area contributed by atoms with Gasteiger partial charge in [0.1, 0.15) is 0 Å². The van der Waals surface area contributed by atoms with Crippen LogP contribution in [0.2, 0.25) is 0 Å². The molecule has 0 aromatic carbocycles. The van der Waals surface area contributed by atoms with Gasteiger partial charge in [-0.3, -0.25) is 0 Å². The third-order valence-electron chi connectivity index (χ3n) is 1.13. The zero-order valence-electron chi connectivity index (χ0n) is 5.12. The predicted molar refractivity (Wildman–Crippen MR) is 40.9 cm³/mol. The fraction of sp³-hybridized carbons (Fsp3) is 0.167. The summed E-state index contributed by atoms with van der Waals surface area (Å²) in [7, 11) is 1.55. The Morgan fingerprint density at radius 3 is 2.50 bits per heavy atom. The van der Waals surface area contributed by atoms with E-state index in [2.05, 4.69) is 0 Å². The first-order valence-corrected chi connectivity index (χ1v) is 5.06. The van der Waals surface area contributed by atoms with E-state index < -0.39 is 9.05 Å². The number of hydrogen-bond acceptors (Lipinski definition) is 2. The first kappa shape index (κ1) is 7.82. The zero-order valence-corrected chi connectivity index (χ0v) is 6.69. The Balaban J connectivity index is 2.94. The lowest BCUT2D eigenvalue weighted by atomic mass is 10.2. The van der Waals surface area contributed by atoms with Crippen LogP contribution in [0.4, 0.5) is 0 Å². The van der Waals surface area contributed by atoms with Crippen LogP contribution < -0.4 is 0 Å². The molecule has 0 unspecified atom stereocenters. The number of rotatable bonds is 1. The summed E-state index contributed by atoms with van der Waals surface area (Å²) < 4.78 is 21.2. The average molecular weight is 178 g/mol. The summed E-state index contributed by atoms with van der Waals surface area (Å²) in [5.74, 6) is 0. The van der Waals surface area contributed by atoms with Crippen LogP contribution in [0.5, 0.6) is 0 Å². The Morgan fingerprint density at radius 1 is 1.50 bits per heavy atom. The molecule has 0 aliphatic heterocycles. The molecule has 0 fully saturated rings. The second-order valence-electron chi connectivity index (χ2n) is 1.87. The third kappa shape index (κ3) is 1.85. The molecular weight excluding hydrogens is 172 g/mol. The molecule has 1 rings (SSSR count). The normalized spacial score (nSPS) is 18.7. The molecule has 0 aromatic rings. The highest BCUT2D eigenvalue weighted by Crippen LogP contribution is 2.18. The van der Waals surface area contributed by atoms with Gasteiger partial charge < -0.3 is 0 Å². The van der Waals surface area contributed by atoms with Gasteiger partial charge in [-0.1, -0.05) is 12.2 Å². The van der Waals surface area contributed by atoms with Crippen LogP contribution in [0, 0.1) is 6.42 Å². The van der Waals surface area contributed by atoms with Crippen molar-refractivity contribution < 1.29 is 8.42 Å². The highest BCUT2D eigenvalue weighted by atomic mass is 35.7. The average Bonchev–Trinajstić information content (AvgIpc) is 1.88. The lowest BCUT2D eigenvalue weighted by Crippen LogP contribution is -1.94. The van der Waals surface area contributed by atoms with E-state index in [-0.39, 0.29) is 4.91 Å². The molecule has 0 saturated heterocycles. The third-order valence-corrected chi connectivity index (χ3v) is 2.53. The maximum Gasteiger partial charge on any atom is 0.260 e. The van der Waals surface area contributed by atoms with Gasteiger partial charge in [-0.05, 0) is 18.9 Å². The van der Waals surface area contributed by atoms with Crippen LogP contribution in [-0.2, 0) is 9.05 Å². The number of allylic oxidation sites excluding steroid dienone is 3. The standard InChI is InChI=1S/C6H6ClO2S/c7-10(8,9)6-4-2-1-3-5-6/h1-2,4-5H,3H2. The Hall–Kier alpha value is -0.280. The van der Waals surface area contributed by atoms with Crippen LogP contribution in [0.15, 0.2) is 23.1 Å². The molecule has 0 heterocycles. The van der Waals surface area contributed by atoms with Gasteiger partial charge in [0.15, 0.2) is 0 Å². The highest BCUT2D eigenvalue weighted by Gasteiger charge is 2.11. The molecule has 55 valence electrons. The van der Waals surface area contributed by atoms with Gasteiger partial charge in [0.2, 0.25) is 0 Å². The molecule has 0 saturated carbocycles. The lowest BCUT2D eigenvalue weighted by molar-refractivity contribution is 0.615. The lowest BCUT2D eigenvalue weighted by Gasteiger charge is -2.00. The van der Waals surface area contributed by atoms with Gasteiger partial charge in [0.25, 0.3) is 9.05 Å². The molecule has 0 spiro atoms. The van der Waals surface area contributed by atoms with E-state index in [9.17, 15) is 8.42 Å². The minimum atomic E-state index is -3.50. The van der Waals surface area contributed by atoms with Gasteiger partial charge in [-0.2, -0.15) is 0 Å². The summed E-state index contributed by atoms with van der Waals surface area (Å²) in [4.78, 5) is 0.191. The molecule has 1 radical (unpaired) electrons. The van der Waals surface area contributed by atoms with E-state index in [0.717, 1.165) is 0 Å². The van der Waals surface area contributed by atoms with E-state index in [1.54, 1.807) is 12.2 Å². The second kappa shape index (κ2) is 2.76. The van der Waals surface area contributed by atoms with Crippen molar-refractivity contribution in [2.45, 2.75) is 6.42 Å². The maximum atomic E-state index is 10.6. The second-order valence-corrected chi connectivity index (χ2v) is 4.44. The first-order valence-electron chi connectivity index (χ1n) is 2.75. The van der Waals surface area contributed by atoms with Crippen molar-refractivity contribution in [3.8, 4) is 0 Å². The summed E-state index contributed by atoms with van der Waals surface area (Å²) >= 11 is 0. The van der Waals surface area contributed by atoms with Crippen LogP contribution in [0.25, 0.3) is 0 Å². The minimum absolute atomic E-state index is 0.191. The molecule has 4 heteroatoms. The molecule has 0 amide bonds. The summed E-state index contributed by atoms with van der Waals surface area (Å²) in [6.07, 6.45) is 7.22. The quantitative estimate of drug-likeness (QED) is 0.571. The van der Waals surface area contributed by atoms with Crippen LogP contribution in [0.3, 0.4) is 0 Å². The van der Waals surface area contributed by atoms with E-state index in [0.29, 0.717) is 6.42 Å². The molecule has 1 aliphatic carbocycles. The highest BCUT2D eigenvalue weighted by molar-refractivity contribution is 8.17. The summed E-state index contributed by atoms with van der Waals surface area (Å²) in [6.45, 7) is 0. The van der Waals surface area contributed by atoms with Gasteiger partial charge in [-0.25, -0.2) is 8.42 Å². The van der Waals surface area contributed by atoms with Gasteiger partial charge >= 0.3 is 0 Å². The number of halogens is 1. The molecule has 2 nitrogen and oxygen atoms in total. The van der Waals surface area contributed by atoms with Gasteiger partial charge in [0, 0.05) is 10.7 Å². The molecular formula is C6H6ClO2S. The molecule has 10 heavy (non-hydrogen) atoms. The van der Waals surface area contributed by atoms with Crippen LogP contribution >= 0.6 is 10.7 Å². The van der Waals surface area contributed by atoms with E-state index in [1.165, 1.54) is 6.08 Å². The molecule has 0 aromatic heterocycles. The molecule has 0 N–H and O–H groups in total. The van der Waals surface area contributed by atoms with Crippen molar-refractivity contribution in [2.24, 2.45) is 0 Å². The molecule has 0 atom stereocenters. The molecule has 0 bridgehead atoms. The minimum Gasteiger partial charge on any atom is -0.207 e. The Labute approximate surface area is 64.6 Å². The van der Waals surface area contributed by atoms with Crippen molar-refractivity contribution >= 4 is 19.7 Å². The Kier molecular flexibility index (Phi) is 2.16.